The lowest BCUT2D eigenvalue weighted by atomic mass is 10.0. The smallest absolute Gasteiger partial charge is 0.410 e. The third kappa shape index (κ3) is 2.65. The van der Waals surface area contributed by atoms with Gasteiger partial charge >= 0.3 is 6.09 Å². The molecule has 2 rings (SSSR count). The van der Waals surface area contributed by atoms with E-state index in [1.54, 1.807) is 4.90 Å². The summed E-state index contributed by atoms with van der Waals surface area (Å²) in [5.74, 6) is 0.476. The van der Waals surface area contributed by atoms with Crippen LogP contribution in [0, 0.1) is 5.92 Å². The highest BCUT2D eigenvalue weighted by Gasteiger charge is 2.44. The molecule has 0 N–H and O–H groups in total. The summed E-state index contributed by atoms with van der Waals surface area (Å²) in [5.41, 5.74) is 0.349. The summed E-state index contributed by atoms with van der Waals surface area (Å²) in [6.45, 7) is 6.65. The van der Waals surface area contributed by atoms with E-state index in [1.807, 2.05) is 20.8 Å². The van der Waals surface area contributed by atoms with Crippen LogP contribution in [0.4, 0.5) is 4.79 Å². The van der Waals surface area contributed by atoms with Gasteiger partial charge in [0.1, 0.15) is 5.60 Å². The normalized spacial score (nSPS) is 27.5. The molecule has 2 aliphatic rings. The molecule has 0 unspecified atom stereocenters. The minimum absolute atomic E-state index is 0.0590. The van der Waals surface area contributed by atoms with Crippen molar-refractivity contribution < 1.29 is 14.4 Å². The molecule has 1 fully saturated rings. The quantitative estimate of drug-likeness (QED) is 0.676. The molecule has 1 saturated heterocycles. The van der Waals surface area contributed by atoms with Crippen molar-refractivity contribution in [2.24, 2.45) is 11.1 Å². The van der Waals surface area contributed by atoms with E-state index >= 15 is 0 Å². The number of nitrogens with zero attached hydrogens (tertiary/aromatic N) is 2. The van der Waals surface area contributed by atoms with Crippen molar-refractivity contribution in [2.75, 3.05) is 19.0 Å². The second kappa shape index (κ2) is 4.37. The molecule has 1 amide bonds. The molecule has 2 heterocycles. The Kier molecular flexibility index (Phi) is 3.21. The lowest BCUT2D eigenvalue weighted by Gasteiger charge is -2.24. The standard InChI is InChI=1S/C11H17ClN2O3/c1-11(2,3)16-10(15)14-5-7-8(4-12)13-17-9(7)6-14/h7,9H,4-6H2,1-3H3/t7-,9-/m1/s1. The summed E-state index contributed by atoms with van der Waals surface area (Å²) in [6, 6.07) is 0. The third-order valence-corrected chi connectivity index (χ3v) is 3.06. The van der Waals surface area contributed by atoms with Gasteiger partial charge < -0.3 is 14.5 Å². The second-order valence-electron chi connectivity index (χ2n) is 5.35. The van der Waals surface area contributed by atoms with Crippen molar-refractivity contribution in [3.05, 3.63) is 0 Å². The van der Waals surface area contributed by atoms with Crippen LogP contribution in [0.15, 0.2) is 5.16 Å². The molecule has 0 bridgehead atoms. The van der Waals surface area contributed by atoms with Crippen LogP contribution in [0.2, 0.25) is 0 Å². The Morgan fingerprint density at radius 2 is 2.29 bits per heavy atom. The number of fused-ring (bicyclic) bond motifs is 1. The Morgan fingerprint density at radius 3 is 2.88 bits per heavy atom. The number of carbonyl (C=O) groups is 1. The van der Waals surface area contributed by atoms with Crippen LogP contribution in [0.1, 0.15) is 20.8 Å². The second-order valence-corrected chi connectivity index (χ2v) is 5.62. The van der Waals surface area contributed by atoms with Crippen molar-refractivity contribution >= 4 is 23.4 Å². The highest BCUT2D eigenvalue weighted by molar-refractivity contribution is 6.29. The van der Waals surface area contributed by atoms with Crippen LogP contribution in [0.25, 0.3) is 0 Å². The first kappa shape index (κ1) is 12.5. The van der Waals surface area contributed by atoms with E-state index in [2.05, 4.69) is 5.16 Å². The van der Waals surface area contributed by atoms with E-state index in [4.69, 9.17) is 21.2 Å². The minimum atomic E-state index is -0.473. The van der Waals surface area contributed by atoms with Crippen LogP contribution in [0.5, 0.6) is 0 Å². The number of hydrogen-bond donors (Lipinski definition) is 0. The summed E-state index contributed by atoms with van der Waals surface area (Å²) in [7, 11) is 0. The molecule has 0 aromatic rings. The van der Waals surface area contributed by atoms with Crippen LogP contribution in [0.3, 0.4) is 0 Å². The summed E-state index contributed by atoms with van der Waals surface area (Å²) in [4.78, 5) is 18.8. The van der Waals surface area contributed by atoms with Crippen molar-refractivity contribution in [1.82, 2.24) is 4.90 Å². The fraction of sp³-hybridized carbons (Fsp3) is 0.818. The van der Waals surface area contributed by atoms with Gasteiger partial charge in [-0.05, 0) is 20.8 Å². The lowest BCUT2D eigenvalue weighted by molar-refractivity contribution is 0.0228. The van der Waals surface area contributed by atoms with Crippen LogP contribution >= 0.6 is 11.6 Å². The number of oxime groups is 1. The molecule has 0 aromatic heterocycles. The maximum atomic E-state index is 11.9. The first-order valence-corrected chi connectivity index (χ1v) is 6.20. The van der Waals surface area contributed by atoms with E-state index in [0.29, 0.717) is 19.0 Å². The zero-order valence-corrected chi connectivity index (χ0v) is 11.0. The summed E-state index contributed by atoms with van der Waals surface area (Å²) in [6.07, 6.45) is -0.360. The predicted octanol–water partition coefficient (Wildman–Crippen LogP) is 1.85. The van der Waals surface area contributed by atoms with Gasteiger partial charge in [-0.1, -0.05) is 5.16 Å². The van der Waals surface area contributed by atoms with Gasteiger partial charge in [0.25, 0.3) is 0 Å². The van der Waals surface area contributed by atoms with Crippen molar-refractivity contribution in [3.8, 4) is 0 Å². The first-order valence-electron chi connectivity index (χ1n) is 5.67. The predicted molar refractivity (Wildman–Crippen MR) is 64.3 cm³/mol. The summed E-state index contributed by atoms with van der Waals surface area (Å²) < 4.78 is 5.31. The molecule has 2 aliphatic heterocycles. The largest absolute Gasteiger partial charge is 0.444 e. The number of ether oxygens (including phenoxy) is 1. The Bertz CT molecular complexity index is 351. The highest BCUT2D eigenvalue weighted by Crippen LogP contribution is 2.28. The molecule has 0 spiro atoms. The number of halogens is 1. The number of alkyl halides is 1. The average Bonchev–Trinajstić information content (AvgIpc) is 2.72. The molecule has 0 saturated carbocycles. The molecule has 5 nitrogen and oxygen atoms in total. The number of amides is 1. The Labute approximate surface area is 106 Å². The van der Waals surface area contributed by atoms with Crippen molar-refractivity contribution in [2.45, 2.75) is 32.5 Å². The number of hydrogen-bond acceptors (Lipinski definition) is 4. The van der Waals surface area contributed by atoms with Gasteiger partial charge in [0, 0.05) is 6.54 Å². The van der Waals surface area contributed by atoms with E-state index in [9.17, 15) is 4.79 Å². The first-order chi connectivity index (χ1) is 7.90. The van der Waals surface area contributed by atoms with E-state index in [0.717, 1.165) is 5.71 Å². The van der Waals surface area contributed by atoms with E-state index in [-0.39, 0.29) is 18.1 Å². The Balaban J connectivity index is 1.95. The van der Waals surface area contributed by atoms with E-state index in [1.165, 1.54) is 0 Å². The fourth-order valence-electron chi connectivity index (χ4n) is 2.00. The number of rotatable bonds is 1. The van der Waals surface area contributed by atoms with E-state index < -0.39 is 5.60 Å². The molecule has 0 aromatic carbocycles. The van der Waals surface area contributed by atoms with Gasteiger partial charge in [0.15, 0.2) is 6.10 Å². The zero-order valence-electron chi connectivity index (χ0n) is 10.3. The summed E-state index contributed by atoms with van der Waals surface area (Å²) in [5, 5.41) is 3.91. The van der Waals surface area contributed by atoms with Gasteiger partial charge in [-0.3, -0.25) is 0 Å². The van der Waals surface area contributed by atoms with Crippen LogP contribution in [-0.4, -0.2) is 47.4 Å². The maximum Gasteiger partial charge on any atom is 0.410 e. The highest BCUT2D eigenvalue weighted by atomic mass is 35.5. The Morgan fingerprint density at radius 1 is 1.59 bits per heavy atom. The lowest BCUT2D eigenvalue weighted by Crippen LogP contribution is -2.36. The minimum Gasteiger partial charge on any atom is -0.444 e. The molecular weight excluding hydrogens is 244 g/mol. The number of carbonyl (C=O) groups excluding carboxylic acids is 1. The summed E-state index contributed by atoms with van der Waals surface area (Å²) >= 11 is 5.76. The Hall–Kier alpha value is -0.970. The molecule has 17 heavy (non-hydrogen) atoms. The maximum absolute atomic E-state index is 11.9. The monoisotopic (exact) mass is 260 g/mol. The number of likely N-dealkylation sites (tertiary alicyclic amines) is 1. The zero-order chi connectivity index (χ0) is 12.6. The van der Waals surface area contributed by atoms with Gasteiger partial charge in [-0.2, -0.15) is 0 Å². The van der Waals surface area contributed by atoms with Gasteiger partial charge in [-0.25, -0.2) is 4.79 Å². The van der Waals surface area contributed by atoms with Crippen LogP contribution < -0.4 is 0 Å². The van der Waals surface area contributed by atoms with Gasteiger partial charge in [-0.15, -0.1) is 11.6 Å². The third-order valence-electron chi connectivity index (χ3n) is 2.79. The van der Waals surface area contributed by atoms with Crippen molar-refractivity contribution in [3.63, 3.8) is 0 Å². The topological polar surface area (TPSA) is 51.1 Å². The average molecular weight is 261 g/mol. The molecule has 0 radical (unpaired) electrons. The molecule has 0 aliphatic carbocycles. The van der Waals surface area contributed by atoms with Crippen molar-refractivity contribution in [1.29, 1.82) is 0 Å². The van der Waals surface area contributed by atoms with Crippen LogP contribution in [-0.2, 0) is 9.57 Å². The molecule has 96 valence electrons. The fourth-order valence-corrected chi connectivity index (χ4v) is 2.25. The molecular formula is C11H17ClN2O3. The van der Waals surface area contributed by atoms with Gasteiger partial charge in [0.05, 0.1) is 24.1 Å². The van der Waals surface area contributed by atoms with Gasteiger partial charge in [0.2, 0.25) is 0 Å². The molecule has 6 heteroatoms. The SMILES string of the molecule is CC(C)(C)OC(=O)N1C[C@@H]2C(CCl)=NO[C@@H]2C1. The molecule has 2 atom stereocenters.